The van der Waals surface area contributed by atoms with E-state index >= 15 is 0 Å². The molecule has 1 aliphatic rings. The Morgan fingerprint density at radius 1 is 1.30 bits per heavy atom. The van der Waals surface area contributed by atoms with Crippen molar-refractivity contribution in [3.8, 4) is 0 Å². The van der Waals surface area contributed by atoms with Gasteiger partial charge in [-0.25, -0.2) is 0 Å². The van der Waals surface area contributed by atoms with Crippen LogP contribution in [0.4, 0.5) is 0 Å². The van der Waals surface area contributed by atoms with E-state index < -0.39 is 0 Å². The molecule has 0 spiro atoms. The molecule has 1 aliphatic carbocycles. The Kier molecular flexibility index (Phi) is 2.35. The van der Waals surface area contributed by atoms with Crippen LogP contribution in [0, 0.1) is 0 Å². The summed E-state index contributed by atoms with van der Waals surface area (Å²) in [6, 6.07) is 0. The number of nitrogens with zero attached hydrogens (tertiary/aromatic N) is 1. The third kappa shape index (κ3) is 1.34. The topological polar surface area (TPSA) is 3.24 Å². The highest BCUT2D eigenvalue weighted by atomic mass is 15.2. The molecule has 1 heteroatoms. The highest BCUT2D eigenvalue weighted by Crippen LogP contribution is 2.33. The van der Waals surface area contributed by atoms with Gasteiger partial charge in [0.2, 0.25) is 0 Å². The molecule has 0 unspecified atom stereocenters. The van der Waals surface area contributed by atoms with Crippen LogP contribution in [0.2, 0.25) is 0 Å². The first kappa shape index (κ1) is 8.06. The van der Waals surface area contributed by atoms with Gasteiger partial charge in [-0.15, -0.1) is 0 Å². The predicted molar refractivity (Wildman–Crippen MR) is 45.2 cm³/mol. The highest BCUT2D eigenvalue weighted by Gasteiger charge is 2.31. The molecule has 60 valence electrons. The molecule has 0 aromatic carbocycles. The first-order chi connectivity index (χ1) is 4.69. The van der Waals surface area contributed by atoms with Crippen molar-refractivity contribution < 1.29 is 0 Å². The minimum Gasteiger partial charge on any atom is -0.301 e. The van der Waals surface area contributed by atoms with Gasteiger partial charge in [-0.1, -0.05) is 19.8 Å². The van der Waals surface area contributed by atoms with Gasteiger partial charge in [-0.3, -0.25) is 0 Å². The Morgan fingerprint density at radius 2 is 1.80 bits per heavy atom. The maximum atomic E-state index is 2.49. The smallest absolute Gasteiger partial charge is 0.0178 e. The summed E-state index contributed by atoms with van der Waals surface area (Å²) in [4.78, 5) is 2.49. The molecule has 0 saturated heterocycles. The molecule has 1 fully saturated rings. The fraction of sp³-hybridized carbons (Fsp3) is 1.00. The normalized spacial score (nSPS) is 24.0. The van der Waals surface area contributed by atoms with E-state index in [4.69, 9.17) is 0 Å². The van der Waals surface area contributed by atoms with E-state index in [1.807, 2.05) is 0 Å². The quantitative estimate of drug-likeness (QED) is 0.570. The van der Waals surface area contributed by atoms with Crippen LogP contribution in [0.3, 0.4) is 0 Å². The summed E-state index contributed by atoms with van der Waals surface area (Å²) in [6.07, 6.45) is 5.66. The number of hydrogen-bond donors (Lipinski definition) is 0. The zero-order valence-electron chi connectivity index (χ0n) is 7.48. The zero-order valence-corrected chi connectivity index (χ0v) is 7.48. The van der Waals surface area contributed by atoms with Crippen LogP contribution in [0.25, 0.3) is 0 Å². The van der Waals surface area contributed by atoms with E-state index in [2.05, 4.69) is 25.8 Å². The zero-order chi connectivity index (χ0) is 7.61. The minimum atomic E-state index is 0.536. The summed E-state index contributed by atoms with van der Waals surface area (Å²) in [6.45, 7) is 5.82. The molecular weight excluding hydrogens is 122 g/mol. The first-order valence-electron chi connectivity index (χ1n) is 4.40. The van der Waals surface area contributed by atoms with Crippen molar-refractivity contribution in [2.75, 3.05) is 13.6 Å². The van der Waals surface area contributed by atoms with Crippen molar-refractivity contribution in [1.29, 1.82) is 0 Å². The van der Waals surface area contributed by atoms with Gasteiger partial charge in [-0.2, -0.15) is 0 Å². The van der Waals surface area contributed by atoms with E-state index in [9.17, 15) is 0 Å². The number of hydrogen-bond acceptors (Lipinski definition) is 1. The van der Waals surface area contributed by atoms with Crippen LogP contribution in [0.1, 0.15) is 39.5 Å². The summed E-state index contributed by atoms with van der Waals surface area (Å²) in [5.41, 5.74) is 0.536. The maximum Gasteiger partial charge on any atom is 0.0178 e. The largest absolute Gasteiger partial charge is 0.301 e. The van der Waals surface area contributed by atoms with Gasteiger partial charge < -0.3 is 4.90 Å². The van der Waals surface area contributed by atoms with E-state index in [1.165, 1.54) is 32.2 Å². The molecule has 0 aliphatic heterocycles. The van der Waals surface area contributed by atoms with Crippen LogP contribution in [0.15, 0.2) is 0 Å². The first-order valence-corrected chi connectivity index (χ1v) is 4.40. The molecule has 0 aromatic rings. The monoisotopic (exact) mass is 141 g/mol. The van der Waals surface area contributed by atoms with Gasteiger partial charge in [0.1, 0.15) is 0 Å². The van der Waals surface area contributed by atoms with E-state index in [1.54, 1.807) is 0 Å². The van der Waals surface area contributed by atoms with E-state index in [-0.39, 0.29) is 0 Å². The Morgan fingerprint density at radius 3 is 2.20 bits per heavy atom. The minimum absolute atomic E-state index is 0.536. The van der Waals surface area contributed by atoms with Gasteiger partial charge in [0, 0.05) is 5.54 Å². The Labute approximate surface area is 64.4 Å². The van der Waals surface area contributed by atoms with Gasteiger partial charge >= 0.3 is 0 Å². The van der Waals surface area contributed by atoms with Crippen LogP contribution < -0.4 is 0 Å². The Hall–Kier alpha value is -0.0400. The van der Waals surface area contributed by atoms with E-state index in [0.29, 0.717) is 5.54 Å². The lowest BCUT2D eigenvalue weighted by Crippen LogP contribution is -2.40. The van der Waals surface area contributed by atoms with Crippen molar-refractivity contribution in [1.82, 2.24) is 4.90 Å². The van der Waals surface area contributed by atoms with Crippen molar-refractivity contribution in [2.45, 2.75) is 45.1 Å². The van der Waals surface area contributed by atoms with E-state index in [0.717, 1.165) is 0 Å². The lowest BCUT2D eigenvalue weighted by atomic mass is 9.99. The summed E-state index contributed by atoms with van der Waals surface area (Å²) in [7, 11) is 2.24. The molecule has 1 rings (SSSR count). The third-order valence-corrected chi connectivity index (χ3v) is 3.08. The second-order valence-corrected chi connectivity index (χ2v) is 3.72. The molecular formula is C9H19N. The molecule has 0 atom stereocenters. The predicted octanol–water partition coefficient (Wildman–Crippen LogP) is 2.27. The Bertz CT molecular complexity index is 103. The molecule has 0 heterocycles. The SMILES string of the molecule is CCN(C)C1(C)CCCC1. The molecule has 0 N–H and O–H groups in total. The third-order valence-electron chi connectivity index (χ3n) is 3.08. The van der Waals surface area contributed by atoms with Crippen LogP contribution in [0.5, 0.6) is 0 Å². The fourth-order valence-electron chi connectivity index (χ4n) is 1.90. The molecule has 0 bridgehead atoms. The molecule has 0 aromatic heterocycles. The summed E-state index contributed by atoms with van der Waals surface area (Å²) < 4.78 is 0. The van der Waals surface area contributed by atoms with Crippen molar-refractivity contribution in [3.05, 3.63) is 0 Å². The van der Waals surface area contributed by atoms with Crippen LogP contribution in [-0.2, 0) is 0 Å². The molecule has 10 heavy (non-hydrogen) atoms. The average Bonchev–Trinajstić information content (AvgIpc) is 2.36. The lowest BCUT2D eigenvalue weighted by Gasteiger charge is -2.34. The summed E-state index contributed by atoms with van der Waals surface area (Å²) in [5, 5.41) is 0. The number of rotatable bonds is 2. The highest BCUT2D eigenvalue weighted by molar-refractivity contribution is 4.88. The summed E-state index contributed by atoms with van der Waals surface area (Å²) in [5.74, 6) is 0. The molecule has 1 saturated carbocycles. The van der Waals surface area contributed by atoms with Gasteiger partial charge in [0.15, 0.2) is 0 Å². The lowest BCUT2D eigenvalue weighted by molar-refractivity contribution is 0.151. The second-order valence-electron chi connectivity index (χ2n) is 3.72. The van der Waals surface area contributed by atoms with Crippen molar-refractivity contribution in [3.63, 3.8) is 0 Å². The maximum absolute atomic E-state index is 2.49. The summed E-state index contributed by atoms with van der Waals surface area (Å²) >= 11 is 0. The van der Waals surface area contributed by atoms with Crippen molar-refractivity contribution >= 4 is 0 Å². The Balaban J connectivity index is 2.49. The molecule has 1 nitrogen and oxygen atoms in total. The van der Waals surface area contributed by atoms with Crippen LogP contribution in [-0.4, -0.2) is 24.0 Å². The van der Waals surface area contributed by atoms with Gasteiger partial charge in [0.05, 0.1) is 0 Å². The van der Waals surface area contributed by atoms with Gasteiger partial charge in [0.25, 0.3) is 0 Å². The standard InChI is InChI=1S/C9H19N/c1-4-10(3)9(2)7-5-6-8-9/h4-8H2,1-3H3. The second kappa shape index (κ2) is 2.91. The fourth-order valence-corrected chi connectivity index (χ4v) is 1.90. The van der Waals surface area contributed by atoms with Crippen LogP contribution >= 0.6 is 0 Å². The van der Waals surface area contributed by atoms with Gasteiger partial charge in [-0.05, 0) is 33.4 Å². The molecule has 0 radical (unpaired) electrons. The average molecular weight is 141 g/mol. The molecule has 0 amide bonds. The van der Waals surface area contributed by atoms with Crippen molar-refractivity contribution in [2.24, 2.45) is 0 Å².